The van der Waals surface area contributed by atoms with Gasteiger partial charge in [0, 0.05) is 18.1 Å². The third kappa shape index (κ3) is 2.42. The van der Waals surface area contributed by atoms with E-state index >= 15 is 0 Å². The summed E-state index contributed by atoms with van der Waals surface area (Å²) < 4.78 is 15.0. The molecule has 0 spiro atoms. The van der Waals surface area contributed by atoms with Crippen LogP contribution in [0.3, 0.4) is 0 Å². The number of nitrogens with zero attached hydrogens (tertiary/aromatic N) is 2. The van der Waals surface area contributed by atoms with Gasteiger partial charge in [0.2, 0.25) is 0 Å². The van der Waals surface area contributed by atoms with Crippen LogP contribution in [0, 0.1) is 17.1 Å². The second-order valence-electron chi connectivity index (χ2n) is 4.94. The molecule has 0 fully saturated rings. The molecule has 4 nitrogen and oxygen atoms in total. The first-order chi connectivity index (χ1) is 10.6. The minimum atomic E-state index is -0.345. The van der Waals surface area contributed by atoms with Gasteiger partial charge in [-0.25, -0.2) is 4.39 Å². The van der Waals surface area contributed by atoms with E-state index < -0.39 is 0 Å². The number of aryl methyl sites for hydroxylation is 1. The Labute approximate surface area is 126 Å². The maximum atomic E-state index is 13.3. The number of rotatable bonds is 2. The summed E-state index contributed by atoms with van der Waals surface area (Å²) in [6, 6.07) is 14.8. The van der Waals surface area contributed by atoms with E-state index in [0.717, 1.165) is 5.39 Å². The van der Waals surface area contributed by atoms with Crippen molar-refractivity contribution < 1.29 is 9.18 Å². The van der Waals surface area contributed by atoms with Crippen molar-refractivity contribution in [2.45, 2.75) is 0 Å². The number of benzene rings is 2. The molecule has 3 rings (SSSR count). The average Bonchev–Trinajstić information content (AvgIpc) is 2.84. The lowest BCUT2D eigenvalue weighted by Gasteiger charge is -2.06. The van der Waals surface area contributed by atoms with Gasteiger partial charge in [-0.05, 0) is 42.5 Å². The Hall–Kier alpha value is -3.13. The minimum absolute atomic E-state index is 0.311. The van der Waals surface area contributed by atoms with E-state index in [1.165, 1.54) is 12.1 Å². The van der Waals surface area contributed by atoms with Crippen LogP contribution in [0.1, 0.15) is 16.1 Å². The lowest BCUT2D eigenvalue weighted by Crippen LogP contribution is -2.15. The Morgan fingerprint density at radius 2 is 2.05 bits per heavy atom. The summed E-state index contributed by atoms with van der Waals surface area (Å²) in [6.07, 6.45) is 0. The molecule has 2 aromatic carbocycles. The Morgan fingerprint density at radius 1 is 1.23 bits per heavy atom. The fraction of sp³-hybridized carbons (Fsp3) is 0.0588. The summed E-state index contributed by atoms with van der Waals surface area (Å²) in [5.74, 6) is -0.656. The molecule has 108 valence electrons. The highest BCUT2D eigenvalue weighted by molar-refractivity contribution is 6.06. The highest BCUT2D eigenvalue weighted by Crippen LogP contribution is 2.21. The van der Waals surface area contributed by atoms with Crippen molar-refractivity contribution in [1.82, 2.24) is 4.57 Å². The van der Waals surface area contributed by atoms with Crippen LogP contribution in [0.4, 0.5) is 10.1 Å². The zero-order chi connectivity index (χ0) is 15.7. The van der Waals surface area contributed by atoms with Gasteiger partial charge in [0.1, 0.15) is 11.5 Å². The molecule has 0 saturated heterocycles. The number of nitriles is 1. The van der Waals surface area contributed by atoms with Crippen LogP contribution < -0.4 is 5.32 Å². The highest BCUT2D eigenvalue weighted by Gasteiger charge is 2.14. The van der Waals surface area contributed by atoms with Crippen LogP contribution >= 0.6 is 0 Å². The molecular formula is C17H12FN3O. The number of halogens is 1. The third-order valence-electron chi connectivity index (χ3n) is 3.49. The quantitative estimate of drug-likeness (QED) is 0.786. The van der Waals surface area contributed by atoms with Gasteiger partial charge < -0.3 is 9.88 Å². The molecule has 1 N–H and O–H groups in total. The van der Waals surface area contributed by atoms with Gasteiger partial charge in [0.25, 0.3) is 5.91 Å². The van der Waals surface area contributed by atoms with Crippen molar-refractivity contribution in [3.8, 4) is 6.07 Å². The molecule has 0 saturated carbocycles. The number of hydrogen-bond acceptors (Lipinski definition) is 2. The van der Waals surface area contributed by atoms with Gasteiger partial charge in [-0.2, -0.15) is 5.26 Å². The zero-order valence-corrected chi connectivity index (χ0v) is 11.8. The maximum absolute atomic E-state index is 13.3. The Kier molecular flexibility index (Phi) is 3.36. The number of carbonyl (C=O) groups is 1. The lowest BCUT2D eigenvalue weighted by molar-refractivity contribution is 0.101. The smallest absolute Gasteiger partial charge is 0.272 e. The van der Waals surface area contributed by atoms with Crippen molar-refractivity contribution in [1.29, 1.82) is 5.26 Å². The number of nitrogens with one attached hydrogen (secondary N) is 1. The van der Waals surface area contributed by atoms with Crippen LogP contribution in [0.15, 0.2) is 48.5 Å². The predicted molar refractivity (Wildman–Crippen MR) is 82.0 cm³/mol. The van der Waals surface area contributed by atoms with Crippen molar-refractivity contribution in [3.63, 3.8) is 0 Å². The Morgan fingerprint density at radius 3 is 2.82 bits per heavy atom. The van der Waals surface area contributed by atoms with E-state index in [9.17, 15) is 9.18 Å². The van der Waals surface area contributed by atoms with Crippen molar-refractivity contribution >= 4 is 22.5 Å². The molecule has 5 heteroatoms. The summed E-state index contributed by atoms with van der Waals surface area (Å²) in [7, 11) is 1.71. The van der Waals surface area contributed by atoms with E-state index in [1.807, 2.05) is 6.07 Å². The van der Waals surface area contributed by atoms with Crippen molar-refractivity contribution in [2.24, 2.45) is 7.05 Å². The molecule has 0 aliphatic heterocycles. The summed E-state index contributed by atoms with van der Waals surface area (Å²) >= 11 is 0. The largest absolute Gasteiger partial charge is 0.340 e. The van der Waals surface area contributed by atoms with Crippen molar-refractivity contribution in [2.75, 3.05) is 5.32 Å². The first-order valence-corrected chi connectivity index (χ1v) is 6.65. The van der Waals surface area contributed by atoms with Crippen LogP contribution in [0.5, 0.6) is 0 Å². The normalized spacial score (nSPS) is 10.4. The number of carbonyl (C=O) groups excluding carboxylic acids is 1. The summed E-state index contributed by atoms with van der Waals surface area (Å²) in [5.41, 5.74) is 2.08. The molecule has 3 aromatic rings. The molecule has 0 bridgehead atoms. The van der Waals surface area contributed by atoms with Gasteiger partial charge in [-0.15, -0.1) is 0 Å². The van der Waals surface area contributed by atoms with E-state index in [0.29, 0.717) is 22.5 Å². The van der Waals surface area contributed by atoms with Gasteiger partial charge >= 0.3 is 0 Å². The van der Waals surface area contributed by atoms with E-state index in [4.69, 9.17) is 5.26 Å². The highest BCUT2D eigenvalue weighted by atomic mass is 19.1. The molecule has 0 aliphatic carbocycles. The second-order valence-corrected chi connectivity index (χ2v) is 4.94. The van der Waals surface area contributed by atoms with Gasteiger partial charge in [0.15, 0.2) is 0 Å². The third-order valence-corrected chi connectivity index (χ3v) is 3.49. The summed E-state index contributed by atoms with van der Waals surface area (Å²) in [4.78, 5) is 12.4. The monoisotopic (exact) mass is 293 g/mol. The number of aromatic nitrogens is 1. The fourth-order valence-electron chi connectivity index (χ4n) is 2.38. The van der Waals surface area contributed by atoms with Crippen molar-refractivity contribution in [3.05, 3.63) is 65.6 Å². The fourth-order valence-corrected chi connectivity index (χ4v) is 2.38. The second kappa shape index (κ2) is 5.34. The predicted octanol–water partition coefficient (Wildman–Crippen LogP) is 3.44. The number of hydrogen-bond donors (Lipinski definition) is 1. The number of fused-ring (bicyclic) bond motifs is 1. The molecule has 0 aliphatic rings. The molecular weight excluding hydrogens is 281 g/mol. The van der Waals surface area contributed by atoms with E-state index in [1.54, 1.807) is 48.0 Å². The van der Waals surface area contributed by atoms with Crippen LogP contribution in [-0.2, 0) is 7.05 Å². The minimum Gasteiger partial charge on any atom is -0.340 e. The Bertz CT molecular complexity index is 921. The lowest BCUT2D eigenvalue weighted by atomic mass is 10.2. The summed E-state index contributed by atoms with van der Waals surface area (Å²) in [5, 5.41) is 12.4. The van der Waals surface area contributed by atoms with E-state index in [2.05, 4.69) is 5.32 Å². The van der Waals surface area contributed by atoms with Crippen LogP contribution in [-0.4, -0.2) is 10.5 Å². The van der Waals surface area contributed by atoms with Gasteiger partial charge in [0.05, 0.1) is 17.1 Å². The Balaban J connectivity index is 1.95. The first kappa shape index (κ1) is 13.8. The number of amides is 1. The molecule has 22 heavy (non-hydrogen) atoms. The molecule has 1 amide bonds. The topological polar surface area (TPSA) is 57.8 Å². The molecule has 0 atom stereocenters. The van der Waals surface area contributed by atoms with Gasteiger partial charge in [-0.1, -0.05) is 6.07 Å². The molecule has 1 aromatic heterocycles. The maximum Gasteiger partial charge on any atom is 0.272 e. The molecule has 1 heterocycles. The van der Waals surface area contributed by atoms with E-state index in [-0.39, 0.29) is 11.7 Å². The zero-order valence-electron chi connectivity index (χ0n) is 11.8. The molecule has 0 unspecified atom stereocenters. The SMILES string of the molecule is Cn1c(C(=O)Nc2cccc(C#N)c2)cc2ccc(F)cc21. The molecule has 0 radical (unpaired) electrons. The first-order valence-electron chi connectivity index (χ1n) is 6.65. The van der Waals surface area contributed by atoms with Crippen LogP contribution in [0.2, 0.25) is 0 Å². The van der Waals surface area contributed by atoms with Crippen LogP contribution in [0.25, 0.3) is 10.9 Å². The number of anilines is 1. The average molecular weight is 293 g/mol. The summed E-state index contributed by atoms with van der Waals surface area (Å²) in [6.45, 7) is 0. The standard InChI is InChI=1S/C17H12FN3O/c1-21-15-9-13(18)6-5-12(15)8-16(21)17(22)20-14-4-2-3-11(7-14)10-19/h2-9H,1H3,(H,20,22). The van der Waals surface area contributed by atoms with Gasteiger partial charge in [-0.3, -0.25) is 4.79 Å².